The van der Waals surface area contributed by atoms with Gasteiger partial charge in [-0.1, -0.05) is 6.42 Å². The normalized spacial score (nSPS) is 28.3. The fourth-order valence-electron chi connectivity index (χ4n) is 1.41. The van der Waals surface area contributed by atoms with Gasteiger partial charge in [0.05, 0.1) is 5.75 Å². The standard InChI is InChI=1S/C7H15NO2S/c9-11(10)6-4-7-3-1-2-5-8-7/h7-8H,1-6H2,(H,9,10). The van der Waals surface area contributed by atoms with E-state index in [2.05, 4.69) is 5.32 Å². The third kappa shape index (κ3) is 3.84. The highest BCUT2D eigenvalue weighted by molar-refractivity contribution is 7.79. The van der Waals surface area contributed by atoms with Gasteiger partial charge in [-0.25, -0.2) is 4.21 Å². The summed E-state index contributed by atoms with van der Waals surface area (Å²) in [4.78, 5) is 0. The van der Waals surface area contributed by atoms with Gasteiger partial charge in [-0.15, -0.1) is 0 Å². The van der Waals surface area contributed by atoms with Gasteiger partial charge in [0, 0.05) is 6.04 Å². The van der Waals surface area contributed by atoms with Gasteiger partial charge in [0.25, 0.3) is 0 Å². The molecule has 0 aromatic heterocycles. The van der Waals surface area contributed by atoms with E-state index in [9.17, 15) is 4.21 Å². The minimum absolute atomic E-state index is 0.414. The first-order valence-corrected chi connectivity index (χ1v) is 5.37. The zero-order chi connectivity index (χ0) is 8.10. The van der Waals surface area contributed by atoms with Crippen LogP contribution in [-0.2, 0) is 11.1 Å². The molecule has 0 radical (unpaired) electrons. The van der Waals surface area contributed by atoms with Crippen LogP contribution in [0, 0.1) is 0 Å². The van der Waals surface area contributed by atoms with E-state index in [-0.39, 0.29) is 0 Å². The van der Waals surface area contributed by atoms with E-state index < -0.39 is 11.1 Å². The Balaban J connectivity index is 2.09. The lowest BCUT2D eigenvalue weighted by molar-refractivity contribution is 0.392. The molecular formula is C7H15NO2S. The average Bonchev–Trinajstić information content (AvgIpc) is 2.03. The van der Waals surface area contributed by atoms with Gasteiger partial charge in [0.1, 0.15) is 0 Å². The topological polar surface area (TPSA) is 49.3 Å². The molecule has 1 heterocycles. The number of nitrogens with one attached hydrogen (secondary N) is 1. The van der Waals surface area contributed by atoms with Gasteiger partial charge in [0.15, 0.2) is 11.1 Å². The van der Waals surface area contributed by atoms with Crippen molar-refractivity contribution in [2.45, 2.75) is 31.7 Å². The largest absolute Gasteiger partial charge is 0.314 e. The predicted octanol–water partition coefficient (Wildman–Crippen LogP) is 0.740. The van der Waals surface area contributed by atoms with Crippen LogP contribution in [-0.4, -0.2) is 27.1 Å². The molecule has 0 spiro atoms. The Morgan fingerprint density at radius 2 is 2.36 bits per heavy atom. The molecule has 2 unspecified atom stereocenters. The second-order valence-electron chi connectivity index (χ2n) is 2.96. The molecule has 1 aliphatic rings. The first-order valence-electron chi connectivity index (χ1n) is 4.10. The Morgan fingerprint density at radius 1 is 1.55 bits per heavy atom. The molecule has 0 aromatic carbocycles. The van der Waals surface area contributed by atoms with Crippen LogP contribution in [0.15, 0.2) is 0 Å². The number of hydrogen-bond donors (Lipinski definition) is 2. The van der Waals surface area contributed by atoms with E-state index in [1.54, 1.807) is 0 Å². The Labute approximate surface area is 69.9 Å². The number of rotatable bonds is 3. The molecule has 0 aliphatic carbocycles. The molecule has 66 valence electrons. The van der Waals surface area contributed by atoms with Crippen LogP contribution in [0.3, 0.4) is 0 Å². The van der Waals surface area contributed by atoms with Crippen molar-refractivity contribution in [1.82, 2.24) is 5.32 Å². The highest BCUT2D eigenvalue weighted by Gasteiger charge is 2.12. The summed E-state index contributed by atoms with van der Waals surface area (Å²) in [5.74, 6) is 0.414. The summed E-state index contributed by atoms with van der Waals surface area (Å²) in [5, 5.41) is 3.33. The molecule has 0 aromatic rings. The molecule has 0 amide bonds. The molecule has 1 saturated heterocycles. The van der Waals surface area contributed by atoms with Crippen LogP contribution in [0.2, 0.25) is 0 Å². The summed E-state index contributed by atoms with van der Waals surface area (Å²) >= 11 is -1.61. The molecular weight excluding hydrogens is 162 g/mol. The maximum Gasteiger partial charge on any atom is 0.152 e. The Morgan fingerprint density at radius 3 is 2.91 bits per heavy atom. The lowest BCUT2D eigenvalue weighted by Crippen LogP contribution is -2.34. The third-order valence-corrected chi connectivity index (χ3v) is 2.64. The summed E-state index contributed by atoms with van der Waals surface area (Å²) in [6.45, 7) is 1.07. The molecule has 0 bridgehead atoms. The molecule has 0 saturated carbocycles. The van der Waals surface area contributed by atoms with E-state index in [4.69, 9.17) is 4.55 Å². The van der Waals surface area contributed by atoms with Gasteiger partial charge in [-0.3, -0.25) is 0 Å². The van der Waals surface area contributed by atoms with Gasteiger partial charge >= 0.3 is 0 Å². The monoisotopic (exact) mass is 177 g/mol. The Bertz CT molecular complexity index is 134. The van der Waals surface area contributed by atoms with Crippen molar-refractivity contribution in [3.8, 4) is 0 Å². The van der Waals surface area contributed by atoms with Crippen LogP contribution >= 0.6 is 0 Å². The molecule has 11 heavy (non-hydrogen) atoms. The van der Waals surface area contributed by atoms with E-state index in [0.717, 1.165) is 19.4 Å². The molecule has 1 fully saturated rings. The second-order valence-corrected chi connectivity index (χ2v) is 4.01. The predicted molar refractivity (Wildman–Crippen MR) is 45.9 cm³/mol. The summed E-state index contributed by atoms with van der Waals surface area (Å²) in [6, 6.07) is 0.486. The van der Waals surface area contributed by atoms with Crippen molar-refractivity contribution < 1.29 is 8.76 Å². The third-order valence-electron chi connectivity index (χ3n) is 2.05. The zero-order valence-corrected chi connectivity index (χ0v) is 7.40. The summed E-state index contributed by atoms with van der Waals surface area (Å²) < 4.78 is 18.9. The number of hydrogen-bond acceptors (Lipinski definition) is 2. The lowest BCUT2D eigenvalue weighted by atomic mass is 10.0. The minimum atomic E-state index is -1.61. The first-order chi connectivity index (χ1) is 5.29. The van der Waals surface area contributed by atoms with E-state index >= 15 is 0 Å². The maximum atomic E-state index is 10.3. The highest BCUT2D eigenvalue weighted by atomic mass is 32.2. The summed E-state index contributed by atoms with van der Waals surface area (Å²) in [5.41, 5.74) is 0. The average molecular weight is 177 g/mol. The summed E-state index contributed by atoms with van der Waals surface area (Å²) in [6.07, 6.45) is 4.51. The Hall–Kier alpha value is 0.0700. The molecule has 3 nitrogen and oxygen atoms in total. The second kappa shape index (κ2) is 4.85. The van der Waals surface area contributed by atoms with Crippen LogP contribution in [0.5, 0.6) is 0 Å². The van der Waals surface area contributed by atoms with Gasteiger partial charge in [-0.2, -0.15) is 0 Å². The SMILES string of the molecule is O=S(O)CCC1CCCCN1. The van der Waals surface area contributed by atoms with Crippen molar-refractivity contribution in [3.05, 3.63) is 0 Å². The molecule has 2 atom stereocenters. The molecule has 1 rings (SSSR count). The first kappa shape index (κ1) is 9.16. The molecule has 1 aliphatic heterocycles. The van der Waals surface area contributed by atoms with Crippen molar-refractivity contribution in [2.24, 2.45) is 0 Å². The molecule has 4 heteroatoms. The van der Waals surface area contributed by atoms with E-state index in [1.807, 2.05) is 0 Å². The maximum absolute atomic E-state index is 10.3. The smallest absolute Gasteiger partial charge is 0.152 e. The fraction of sp³-hybridized carbons (Fsp3) is 1.00. The van der Waals surface area contributed by atoms with Crippen molar-refractivity contribution in [3.63, 3.8) is 0 Å². The van der Waals surface area contributed by atoms with Crippen LogP contribution < -0.4 is 5.32 Å². The quantitative estimate of drug-likeness (QED) is 0.625. The van der Waals surface area contributed by atoms with E-state index in [1.165, 1.54) is 12.8 Å². The minimum Gasteiger partial charge on any atom is -0.314 e. The van der Waals surface area contributed by atoms with Crippen molar-refractivity contribution in [2.75, 3.05) is 12.3 Å². The van der Waals surface area contributed by atoms with Crippen LogP contribution in [0.25, 0.3) is 0 Å². The van der Waals surface area contributed by atoms with Gasteiger partial charge in [-0.05, 0) is 25.8 Å². The highest BCUT2D eigenvalue weighted by Crippen LogP contribution is 2.09. The van der Waals surface area contributed by atoms with Crippen molar-refractivity contribution in [1.29, 1.82) is 0 Å². The lowest BCUT2D eigenvalue weighted by Gasteiger charge is -2.22. The van der Waals surface area contributed by atoms with Crippen LogP contribution in [0.4, 0.5) is 0 Å². The van der Waals surface area contributed by atoms with Gasteiger partial charge < -0.3 is 9.87 Å². The summed E-state index contributed by atoms with van der Waals surface area (Å²) in [7, 11) is 0. The van der Waals surface area contributed by atoms with Gasteiger partial charge in [0.2, 0.25) is 0 Å². The fourth-order valence-corrected chi connectivity index (χ4v) is 1.90. The Kier molecular flexibility index (Phi) is 4.04. The molecule has 2 N–H and O–H groups in total. The number of piperidine rings is 1. The zero-order valence-electron chi connectivity index (χ0n) is 6.58. The van der Waals surface area contributed by atoms with E-state index in [0.29, 0.717) is 11.8 Å². The van der Waals surface area contributed by atoms with Crippen molar-refractivity contribution >= 4 is 11.1 Å². The van der Waals surface area contributed by atoms with Crippen LogP contribution in [0.1, 0.15) is 25.7 Å².